The number of carboxylic acid groups (broad SMARTS) is 1. The molecule has 3 unspecified atom stereocenters. The number of rotatable bonds is 8. The molecule has 0 aliphatic carbocycles. The van der Waals surface area contributed by atoms with Gasteiger partial charge in [-0.25, -0.2) is 5.01 Å². The first-order valence-electron chi connectivity index (χ1n) is 10.7. The van der Waals surface area contributed by atoms with Crippen LogP contribution in [0.4, 0.5) is 0 Å². The SMILES string of the molecule is O=CC(CC(=O)O)NC(=O)C1CCCN2C(=O)CCC(NC(=O)C(=O)c3ccccc3)C(=O)N12. The minimum atomic E-state index is -1.31. The summed E-state index contributed by atoms with van der Waals surface area (Å²) in [6.45, 7) is 0.171. The van der Waals surface area contributed by atoms with Crippen LogP contribution in [-0.2, 0) is 28.8 Å². The summed E-state index contributed by atoms with van der Waals surface area (Å²) in [5.41, 5.74) is 0.132. The van der Waals surface area contributed by atoms with Gasteiger partial charge in [-0.05, 0) is 19.3 Å². The molecule has 2 aliphatic heterocycles. The summed E-state index contributed by atoms with van der Waals surface area (Å²) in [6.07, 6.45) is 0.0182. The number of hydrogen-bond donors (Lipinski definition) is 3. The maximum absolute atomic E-state index is 13.3. The number of benzene rings is 1. The number of carboxylic acids is 1. The van der Waals surface area contributed by atoms with Crippen molar-refractivity contribution in [2.75, 3.05) is 6.54 Å². The van der Waals surface area contributed by atoms with Crippen LogP contribution in [0.3, 0.4) is 0 Å². The molecular formula is C22H24N4O8. The first kappa shape index (κ1) is 24.6. The molecule has 0 saturated carbocycles. The van der Waals surface area contributed by atoms with Crippen LogP contribution in [0, 0.1) is 0 Å². The number of aldehydes is 1. The van der Waals surface area contributed by atoms with E-state index in [1.165, 1.54) is 12.1 Å². The highest BCUT2D eigenvalue weighted by molar-refractivity contribution is 6.43. The van der Waals surface area contributed by atoms with Crippen LogP contribution in [0.2, 0.25) is 0 Å². The molecule has 1 aromatic rings. The number of Topliss-reactive ketones (excluding diaryl/α,β-unsaturated/α-hetero) is 1. The van der Waals surface area contributed by atoms with E-state index in [9.17, 15) is 33.6 Å². The van der Waals surface area contributed by atoms with E-state index >= 15 is 0 Å². The Labute approximate surface area is 194 Å². The van der Waals surface area contributed by atoms with Crippen molar-refractivity contribution in [1.29, 1.82) is 0 Å². The highest BCUT2D eigenvalue weighted by atomic mass is 16.4. The zero-order valence-electron chi connectivity index (χ0n) is 18.1. The maximum Gasteiger partial charge on any atom is 0.305 e. The minimum absolute atomic E-state index is 0.0667. The van der Waals surface area contributed by atoms with Crippen molar-refractivity contribution in [2.24, 2.45) is 0 Å². The number of hydrogen-bond acceptors (Lipinski definition) is 7. The van der Waals surface area contributed by atoms with Gasteiger partial charge in [0.25, 0.3) is 11.8 Å². The van der Waals surface area contributed by atoms with Gasteiger partial charge in [-0.1, -0.05) is 30.3 Å². The smallest absolute Gasteiger partial charge is 0.305 e. The molecule has 34 heavy (non-hydrogen) atoms. The molecule has 2 saturated heterocycles. The Bertz CT molecular complexity index is 1010. The van der Waals surface area contributed by atoms with Gasteiger partial charge in [0.2, 0.25) is 17.6 Å². The summed E-state index contributed by atoms with van der Waals surface area (Å²) in [4.78, 5) is 85.8. The monoisotopic (exact) mass is 472 g/mol. The highest BCUT2D eigenvalue weighted by Crippen LogP contribution is 2.25. The van der Waals surface area contributed by atoms with Gasteiger partial charge in [-0.15, -0.1) is 0 Å². The molecule has 1 aromatic carbocycles. The van der Waals surface area contributed by atoms with Gasteiger partial charge in [-0.2, -0.15) is 0 Å². The van der Waals surface area contributed by atoms with E-state index in [4.69, 9.17) is 5.11 Å². The number of carbonyl (C=O) groups excluding carboxylic acids is 6. The molecule has 4 amide bonds. The van der Waals surface area contributed by atoms with E-state index < -0.39 is 59.9 Å². The number of carbonyl (C=O) groups is 7. The topological polar surface area (TPSA) is 170 Å². The van der Waals surface area contributed by atoms with Crippen molar-refractivity contribution >= 4 is 41.7 Å². The number of fused-ring (bicyclic) bond motifs is 1. The lowest BCUT2D eigenvalue weighted by Crippen LogP contribution is -2.64. The zero-order chi connectivity index (χ0) is 24.8. The van der Waals surface area contributed by atoms with Crippen molar-refractivity contribution in [1.82, 2.24) is 20.7 Å². The molecular weight excluding hydrogens is 448 g/mol. The van der Waals surface area contributed by atoms with E-state index in [0.29, 0.717) is 6.42 Å². The standard InChI is InChI=1S/C22H24N4O8/c27-12-14(11-18(29)30)23-20(32)16-7-4-10-25-17(28)9-8-15(22(34)26(16)25)24-21(33)19(31)13-5-2-1-3-6-13/h1-3,5-6,12,14-16H,4,7-11H2,(H,23,32)(H,24,33)(H,29,30). The molecule has 0 spiro atoms. The number of nitrogens with one attached hydrogen (secondary N) is 2. The summed E-state index contributed by atoms with van der Waals surface area (Å²) in [6, 6.07) is 4.02. The Hall–Kier alpha value is -4.09. The average molecular weight is 472 g/mol. The molecule has 2 aliphatic rings. The highest BCUT2D eigenvalue weighted by Gasteiger charge is 2.45. The van der Waals surface area contributed by atoms with E-state index in [2.05, 4.69) is 10.6 Å². The summed E-state index contributed by atoms with van der Waals surface area (Å²) in [5, 5.41) is 15.6. The average Bonchev–Trinajstić information content (AvgIpc) is 2.95. The van der Waals surface area contributed by atoms with Gasteiger partial charge in [-0.3, -0.25) is 33.8 Å². The van der Waals surface area contributed by atoms with Gasteiger partial charge in [0.15, 0.2) is 0 Å². The fourth-order valence-electron chi connectivity index (χ4n) is 3.95. The summed E-state index contributed by atoms with van der Waals surface area (Å²) in [5.74, 6) is -5.15. The third kappa shape index (κ3) is 5.45. The number of aliphatic carboxylic acids is 1. The molecule has 3 rings (SSSR count). The molecule has 12 heteroatoms. The predicted molar refractivity (Wildman–Crippen MR) is 114 cm³/mol. The second-order valence-electron chi connectivity index (χ2n) is 7.97. The van der Waals surface area contributed by atoms with E-state index in [-0.39, 0.29) is 37.7 Å². The van der Waals surface area contributed by atoms with Crippen LogP contribution in [0.15, 0.2) is 30.3 Å². The van der Waals surface area contributed by atoms with Crippen LogP contribution in [0.25, 0.3) is 0 Å². The Morgan fingerprint density at radius 1 is 1.12 bits per heavy atom. The molecule has 2 fully saturated rings. The Morgan fingerprint density at radius 2 is 1.82 bits per heavy atom. The molecule has 0 radical (unpaired) electrons. The third-order valence-electron chi connectivity index (χ3n) is 5.60. The molecule has 0 aromatic heterocycles. The second kappa shape index (κ2) is 10.7. The van der Waals surface area contributed by atoms with E-state index in [0.717, 1.165) is 10.0 Å². The summed E-state index contributed by atoms with van der Waals surface area (Å²) >= 11 is 0. The van der Waals surface area contributed by atoms with Gasteiger partial charge in [0, 0.05) is 18.5 Å². The number of amides is 4. The van der Waals surface area contributed by atoms with Crippen LogP contribution in [-0.4, -0.2) is 81.5 Å². The Morgan fingerprint density at radius 3 is 2.47 bits per heavy atom. The lowest BCUT2D eigenvalue weighted by molar-refractivity contribution is -0.176. The van der Waals surface area contributed by atoms with Gasteiger partial charge in [0.05, 0.1) is 12.5 Å². The van der Waals surface area contributed by atoms with Crippen molar-refractivity contribution in [2.45, 2.75) is 50.2 Å². The Balaban J connectivity index is 1.79. The van der Waals surface area contributed by atoms with Crippen molar-refractivity contribution in [3.8, 4) is 0 Å². The van der Waals surface area contributed by atoms with Gasteiger partial charge in [0.1, 0.15) is 18.4 Å². The molecule has 3 N–H and O–H groups in total. The third-order valence-corrected chi connectivity index (χ3v) is 5.60. The van der Waals surface area contributed by atoms with Crippen molar-refractivity contribution in [3.05, 3.63) is 35.9 Å². The Kier molecular flexibility index (Phi) is 7.71. The largest absolute Gasteiger partial charge is 0.481 e. The van der Waals surface area contributed by atoms with E-state index in [1.807, 2.05) is 0 Å². The van der Waals surface area contributed by atoms with Crippen molar-refractivity contribution in [3.63, 3.8) is 0 Å². The first-order chi connectivity index (χ1) is 16.2. The van der Waals surface area contributed by atoms with Crippen LogP contribution >= 0.6 is 0 Å². The fourth-order valence-corrected chi connectivity index (χ4v) is 3.95. The van der Waals surface area contributed by atoms with Crippen LogP contribution in [0.5, 0.6) is 0 Å². The number of hydrazine groups is 1. The quantitative estimate of drug-likeness (QED) is 0.247. The van der Waals surface area contributed by atoms with Crippen LogP contribution in [0.1, 0.15) is 42.5 Å². The zero-order valence-corrected chi connectivity index (χ0v) is 18.1. The van der Waals surface area contributed by atoms with E-state index in [1.54, 1.807) is 18.2 Å². The lowest BCUT2D eigenvalue weighted by atomic mass is 10.0. The lowest BCUT2D eigenvalue weighted by Gasteiger charge is -2.43. The minimum Gasteiger partial charge on any atom is -0.481 e. The number of nitrogens with zero attached hydrogens (tertiary/aromatic N) is 2. The fraction of sp³-hybridized carbons (Fsp3) is 0.409. The van der Waals surface area contributed by atoms with Crippen molar-refractivity contribution < 1.29 is 38.7 Å². The maximum atomic E-state index is 13.3. The molecule has 3 atom stereocenters. The normalized spacial score (nSPS) is 21.1. The summed E-state index contributed by atoms with van der Waals surface area (Å²) < 4.78 is 0. The second-order valence-corrected chi connectivity index (χ2v) is 7.97. The molecule has 0 bridgehead atoms. The number of ketones is 1. The summed E-state index contributed by atoms with van der Waals surface area (Å²) in [7, 11) is 0. The molecule has 180 valence electrons. The molecule has 12 nitrogen and oxygen atoms in total. The van der Waals surface area contributed by atoms with Crippen LogP contribution < -0.4 is 10.6 Å². The molecule has 2 heterocycles. The van der Waals surface area contributed by atoms with Gasteiger partial charge >= 0.3 is 5.97 Å². The van der Waals surface area contributed by atoms with Gasteiger partial charge < -0.3 is 20.5 Å². The predicted octanol–water partition coefficient (Wildman–Crippen LogP) is -0.959. The first-order valence-corrected chi connectivity index (χ1v) is 10.7.